The van der Waals surface area contributed by atoms with Gasteiger partial charge in [0.1, 0.15) is 0 Å². The van der Waals surface area contributed by atoms with Crippen molar-refractivity contribution in [3.8, 4) is 0 Å². The summed E-state index contributed by atoms with van der Waals surface area (Å²) in [4.78, 5) is 11.9. The zero-order valence-electron chi connectivity index (χ0n) is 10.7. The molecule has 3 heteroatoms. The van der Waals surface area contributed by atoms with Gasteiger partial charge in [0, 0.05) is 10.4 Å². The number of hydrogen-bond acceptors (Lipinski definition) is 1. The second kappa shape index (κ2) is 6.80. The van der Waals surface area contributed by atoms with Gasteiger partial charge in [0.2, 0.25) is 5.91 Å². The fourth-order valence-corrected chi connectivity index (χ4v) is 2.45. The predicted molar refractivity (Wildman–Crippen MR) is 74.8 cm³/mol. The maximum Gasteiger partial charge on any atom is 0.223 e. The highest BCUT2D eigenvalue weighted by molar-refractivity contribution is 9.10. The fraction of sp³-hybridized carbons (Fsp3) is 0.500. The second-order valence-corrected chi connectivity index (χ2v) is 5.30. The molecule has 94 valence electrons. The van der Waals surface area contributed by atoms with Crippen molar-refractivity contribution < 1.29 is 4.79 Å². The van der Waals surface area contributed by atoms with Gasteiger partial charge < -0.3 is 5.32 Å². The van der Waals surface area contributed by atoms with Crippen molar-refractivity contribution in [3.05, 3.63) is 34.3 Å². The van der Waals surface area contributed by atoms with Crippen LogP contribution in [0.4, 0.5) is 0 Å². The van der Waals surface area contributed by atoms with Crippen LogP contribution < -0.4 is 5.32 Å². The van der Waals surface area contributed by atoms with E-state index >= 15 is 0 Å². The Bertz CT molecular complexity index is 378. The molecular weight excluding hydrogens is 278 g/mol. The lowest BCUT2D eigenvalue weighted by molar-refractivity contribution is -0.125. The topological polar surface area (TPSA) is 29.1 Å². The second-order valence-electron chi connectivity index (χ2n) is 4.44. The van der Waals surface area contributed by atoms with Crippen molar-refractivity contribution in [2.75, 3.05) is 0 Å². The van der Waals surface area contributed by atoms with E-state index in [1.807, 2.05) is 38.1 Å². The summed E-state index contributed by atoms with van der Waals surface area (Å²) in [6.45, 7) is 6.09. The normalized spacial score (nSPS) is 14.1. The highest BCUT2D eigenvalue weighted by Gasteiger charge is 2.16. The highest BCUT2D eigenvalue weighted by atomic mass is 79.9. The summed E-state index contributed by atoms with van der Waals surface area (Å²) >= 11 is 3.50. The van der Waals surface area contributed by atoms with Crippen molar-refractivity contribution in [1.82, 2.24) is 5.32 Å². The summed E-state index contributed by atoms with van der Waals surface area (Å²) in [6, 6.07) is 8.02. The molecule has 2 unspecified atom stereocenters. The first-order valence-corrected chi connectivity index (χ1v) is 6.90. The van der Waals surface area contributed by atoms with E-state index in [1.165, 1.54) is 0 Å². The van der Waals surface area contributed by atoms with Gasteiger partial charge in [0.05, 0.1) is 6.04 Å². The number of nitrogens with one attached hydrogen (secondary N) is 1. The smallest absolute Gasteiger partial charge is 0.223 e. The van der Waals surface area contributed by atoms with Crippen LogP contribution in [0.1, 0.15) is 45.2 Å². The lowest BCUT2D eigenvalue weighted by Gasteiger charge is -2.18. The van der Waals surface area contributed by atoms with Crippen LogP contribution in [-0.4, -0.2) is 5.91 Å². The standard InChI is InChI=1S/C14H20BrNO/c1-4-7-10(2)14(17)16-11(3)12-8-5-6-9-13(12)15/h5-6,8-11H,4,7H2,1-3H3,(H,16,17). The van der Waals surface area contributed by atoms with E-state index in [9.17, 15) is 4.79 Å². The molecule has 2 atom stereocenters. The molecule has 1 aromatic carbocycles. The molecule has 2 nitrogen and oxygen atoms in total. The van der Waals surface area contributed by atoms with Gasteiger partial charge in [-0.1, -0.05) is 54.4 Å². The van der Waals surface area contributed by atoms with Gasteiger partial charge in [-0.3, -0.25) is 4.79 Å². The third-order valence-electron chi connectivity index (χ3n) is 2.90. The van der Waals surface area contributed by atoms with Crippen molar-refractivity contribution >= 4 is 21.8 Å². The van der Waals surface area contributed by atoms with E-state index in [-0.39, 0.29) is 17.9 Å². The first-order valence-electron chi connectivity index (χ1n) is 6.11. The average molecular weight is 298 g/mol. The minimum absolute atomic E-state index is 0.0392. The molecule has 0 aliphatic rings. The zero-order valence-corrected chi connectivity index (χ0v) is 12.3. The molecule has 1 N–H and O–H groups in total. The number of carbonyl (C=O) groups excluding carboxylic acids is 1. The lowest BCUT2D eigenvalue weighted by Crippen LogP contribution is -2.31. The zero-order chi connectivity index (χ0) is 12.8. The first kappa shape index (κ1) is 14.2. The van der Waals surface area contributed by atoms with E-state index in [1.54, 1.807) is 0 Å². The monoisotopic (exact) mass is 297 g/mol. The van der Waals surface area contributed by atoms with E-state index in [2.05, 4.69) is 28.2 Å². The Hall–Kier alpha value is -0.830. The number of halogens is 1. The SMILES string of the molecule is CCCC(C)C(=O)NC(C)c1ccccc1Br. The molecule has 0 saturated carbocycles. The van der Waals surface area contributed by atoms with Crippen LogP contribution in [0.25, 0.3) is 0 Å². The van der Waals surface area contributed by atoms with Crippen LogP contribution in [0, 0.1) is 5.92 Å². The van der Waals surface area contributed by atoms with Crippen LogP contribution in [-0.2, 0) is 4.79 Å². The number of benzene rings is 1. The molecule has 0 spiro atoms. The molecule has 0 aromatic heterocycles. The van der Waals surface area contributed by atoms with Crippen molar-refractivity contribution in [2.45, 2.75) is 39.7 Å². The average Bonchev–Trinajstić information content (AvgIpc) is 2.29. The molecule has 1 aromatic rings. The summed E-state index contributed by atoms with van der Waals surface area (Å²) in [6.07, 6.45) is 1.98. The molecule has 1 amide bonds. The number of rotatable bonds is 5. The fourth-order valence-electron chi connectivity index (χ4n) is 1.82. The Morgan fingerprint density at radius 3 is 2.59 bits per heavy atom. The van der Waals surface area contributed by atoms with Crippen molar-refractivity contribution in [2.24, 2.45) is 5.92 Å². The van der Waals surface area contributed by atoms with E-state index in [4.69, 9.17) is 0 Å². The van der Waals surface area contributed by atoms with Crippen LogP contribution in [0.2, 0.25) is 0 Å². The summed E-state index contributed by atoms with van der Waals surface area (Å²) < 4.78 is 1.04. The van der Waals surface area contributed by atoms with Gasteiger partial charge in [-0.05, 0) is 25.0 Å². The maximum atomic E-state index is 11.9. The molecule has 0 fully saturated rings. The quantitative estimate of drug-likeness (QED) is 0.872. The molecule has 17 heavy (non-hydrogen) atoms. The van der Waals surface area contributed by atoms with Crippen LogP contribution >= 0.6 is 15.9 Å². The molecule has 0 aliphatic heterocycles. The Labute approximate surface area is 112 Å². The Morgan fingerprint density at radius 1 is 1.35 bits per heavy atom. The first-order chi connectivity index (χ1) is 8.06. The van der Waals surface area contributed by atoms with Gasteiger partial charge in [0.15, 0.2) is 0 Å². The van der Waals surface area contributed by atoms with Gasteiger partial charge in [0.25, 0.3) is 0 Å². The van der Waals surface area contributed by atoms with Crippen LogP contribution in [0.5, 0.6) is 0 Å². The van der Waals surface area contributed by atoms with Gasteiger partial charge in [-0.2, -0.15) is 0 Å². The summed E-state index contributed by atoms with van der Waals surface area (Å²) in [5.74, 6) is 0.222. The third-order valence-corrected chi connectivity index (χ3v) is 3.62. The lowest BCUT2D eigenvalue weighted by atomic mass is 10.0. The predicted octanol–water partition coefficient (Wildman–Crippen LogP) is 4.06. The van der Waals surface area contributed by atoms with Gasteiger partial charge in [-0.15, -0.1) is 0 Å². The molecular formula is C14H20BrNO. The Morgan fingerprint density at radius 2 is 2.00 bits per heavy atom. The summed E-state index contributed by atoms with van der Waals surface area (Å²) in [5.41, 5.74) is 1.12. The summed E-state index contributed by atoms with van der Waals surface area (Å²) in [5, 5.41) is 3.05. The number of carbonyl (C=O) groups is 1. The van der Waals surface area contributed by atoms with Crippen molar-refractivity contribution in [1.29, 1.82) is 0 Å². The number of hydrogen-bond donors (Lipinski definition) is 1. The molecule has 0 aliphatic carbocycles. The van der Waals surface area contributed by atoms with E-state index in [0.717, 1.165) is 22.9 Å². The molecule has 0 radical (unpaired) electrons. The maximum absolute atomic E-state index is 11.9. The third kappa shape index (κ3) is 4.15. The highest BCUT2D eigenvalue weighted by Crippen LogP contribution is 2.23. The molecule has 0 heterocycles. The van der Waals surface area contributed by atoms with Crippen LogP contribution in [0.15, 0.2) is 28.7 Å². The summed E-state index contributed by atoms with van der Waals surface area (Å²) in [7, 11) is 0. The molecule has 0 saturated heterocycles. The minimum atomic E-state index is 0.0392. The van der Waals surface area contributed by atoms with Crippen LogP contribution in [0.3, 0.4) is 0 Å². The largest absolute Gasteiger partial charge is 0.349 e. The van der Waals surface area contributed by atoms with E-state index in [0.29, 0.717) is 0 Å². The van der Waals surface area contributed by atoms with Gasteiger partial charge in [-0.25, -0.2) is 0 Å². The minimum Gasteiger partial charge on any atom is -0.349 e. The molecule has 1 rings (SSSR count). The van der Waals surface area contributed by atoms with Gasteiger partial charge >= 0.3 is 0 Å². The Balaban J connectivity index is 2.63. The molecule has 0 bridgehead atoms. The number of amides is 1. The Kier molecular flexibility index (Phi) is 5.69. The van der Waals surface area contributed by atoms with E-state index < -0.39 is 0 Å². The van der Waals surface area contributed by atoms with Crippen molar-refractivity contribution in [3.63, 3.8) is 0 Å².